The van der Waals surface area contributed by atoms with E-state index in [4.69, 9.17) is 4.52 Å². The van der Waals surface area contributed by atoms with E-state index >= 15 is 0 Å². The van der Waals surface area contributed by atoms with Crippen LogP contribution in [0.2, 0.25) is 0 Å². The van der Waals surface area contributed by atoms with Crippen molar-refractivity contribution in [1.29, 1.82) is 0 Å². The third-order valence-electron chi connectivity index (χ3n) is 3.75. The Morgan fingerprint density at radius 3 is 2.53 bits per heavy atom. The summed E-state index contributed by atoms with van der Waals surface area (Å²) in [6.45, 7) is 4.18. The number of hydrogen-bond donors (Lipinski definition) is 1. The van der Waals surface area contributed by atoms with Crippen molar-refractivity contribution in [1.82, 2.24) is 15.5 Å². The highest BCUT2D eigenvalue weighted by Crippen LogP contribution is 2.23. The quantitative estimate of drug-likeness (QED) is 0.899. The second-order valence-electron chi connectivity index (χ2n) is 5.45. The van der Waals surface area contributed by atoms with Crippen molar-refractivity contribution in [2.24, 2.45) is 0 Å². The van der Waals surface area contributed by atoms with Crippen LogP contribution in [0, 0.1) is 0 Å². The molecule has 0 unspecified atom stereocenters. The molecule has 0 radical (unpaired) electrons. The highest BCUT2D eigenvalue weighted by atomic mass is 35.5. The molecule has 2 aliphatic rings. The lowest BCUT2D eigenvalue weighted by Gasteiger charge is -2.31. The Hall–Kier alpha value is -0.810. The van der Waals surface area contributed by atoms with Crippen molar-refractivity contribution < 1.29 is 4.52 Å². The van der Waals surface area contributed by atoms with E-state index in [0.717, 1.165) is 37.8 Å². The summed E-state index contributed by atoms with van der Waals surface area (Å²) in [7, 11) is 0. The molecule has 108 valence electrons. The lowest BCUT2D eigenvalue weighted by Crippen LogP contribution is -2.43. The molecule has 5 nitrogen and oxygen atoms in total. The molecular formula is C13H23ClN4O. The molecule has 19 heavy (non-hydrogen) atoms. The highest BCUT2D eigenvalue weighted by molar-refractivity contribution is 5.85. The Labute approximate surface area is 120 Å². The number of aryl methyl sites for hydroxylation is 1. The Balaban J connectivity index is 0.00000133. The predicted octanol–water partition coefficient (Wildman–Crippen LogP) is 2.16. The maximum absolute atomic E-state index is 5.33. The van der Waals surface area contributed by atoms with Gasteiger partial charge >= 0.3 is 6.01 Å². The first kappa shape index (κ1) is 14.6. The van der Waals surface area contributed by atoms with E-state index in [9.17, 15) is 0 Å². The minimum atomic E-state index is 0. The van der Waals surface area contributed by atoms with Crippen LogP contribution in [0.15, 0.2) is 4.52 Å². The van der Waals surface area contributed by atoms with E-state index in [-0.39, 0.29) is 12.4 Å². The molecule has 3 rings (SSSR count). The number of anilines is 1. The fourth-order valence-corrected chi connectivity index (χ4v) is 2.52. The number of rotatable bonds is 5. The zero-order valence-corrected chi connectivity index (χ0v) is 12.3. The minimum Gasteiger partial charge on any atom is -0.324 e. The molecule has 1 saturated heterocycles. The maximum atomic E-state index is 5.33. The van der Waals surface area contributed by atoms with Gasteiger partial charge in [-0.25, -0.2) is 0 Å². The zero-order valence-electron chi connectivity index (χ0n) is 11.5. The lowest BCUT2D eigenvalue weighted by molar-refractivity contribution is 0.368. The molecule has 1 N–H and O–H groups in total. The van der Waals surface area contributed by atoms with Crippen LogP contribution in [-0.4, -0.2) is 35.3 Å². The van der Waals surface area contributed by atoms with E-state index < -0.39 is 0 Å². The third-order valence-corrected chi connectivity index (χ3v) is 3.75. The summed E-state index contributed by atoms with van der Waals surface area (Å²) in [5, 5.41) is 7.71. The summed E-state index contributed by atoms with van der Waals surface area (Å²) in [6, 6.07) is 2.20. The number of nitrogens with one attached hydrogen (secondary N) is 1. The van der Waals surface area contributed by atoms with Gasteiger partial charge in [0, 0.05) is 31.6 Å². The molecule has 0 atom stereocenters. The Morgan fingerprint density at radius 2 is 1.89 bits per heavy atom. The Kier molecular flexibility index (Phi) is 5.05. The summed E-state index contributed by atoms with van der Waals surface area (Å²) in [6.07, 6.45) is 7.06. The first-order valence-corrected chi connectivity index (χ1v) is 7.18. The minimum absolute atomic E-state index is 0. The molecule has 1 aliphatic carbocycles. The van der Waals surface area contributed by atoms with Crippen molar-refractivity contribution in [3.05, 3.63) is 5.82 Å². The van der Waals surface area contributed by atoms with Gasteiger partial charge < -0.3 is 14.7 Å². The molecule has 6 heteroatoms. The van der Waals surface area contributed by atoms with Crippen LogP contribution in [0.4, 0.5) is 6.01 Å². The lowest BCUT2D eigenvalue weighted by atomic mass is 10.1. The molecule has 1 saturated carbocycles. The van der Waals surface area contributed by atoms with E-state index in [0.29, 0.717) is 12.1 Å². The smallest absolute Gasteiger partial charge is 0.324 e. The van der Waals surface area contributed by atoms with Gasteiger partial charge in [-0.1, -0.05) is 12.1 Å². The standard InChI is InChI=1S/C13H22N4O.ClH/c1-2-3-12-15-13(18-16-12)17-8-6-11(7-9-17)14-10-4-5-10;/h10-11,14H,2-9H2,1H3;1H. The van der Waals surface area contributed by atoms with Crippen molar-refractivity contribution in [2.75, 3.05) is 18.0 Å². The Bertz CT molecular complexity index is 386. The van der Waals surface area contributed by atoms with Gasteiger partial charge in [-0.2, -0.15) is 4.98 Å². The van der Waals surface area contributed by atoms with E-state index in [1.54, 1.807) is 0 Å². The summed E-state index contributed by atoms with van der Waals surface area (Å²) in [5.74, 6) is 0.839. The van der Waals surface area contributed by atoms with Crippen molar-refractivity contribution in [3.8, 4) is 0 Å². The first-order chi connectivity index (χ1) is 8.85. The summed E-state index contributed by atoms with van der Waals surface area (Å²) in [5.41, 5.74) is 0. The summed E-state index contributed by atoms with van der Waals surface area (Å²) in [4.78, 5) is 6.67. The molecule has 1 aromatic rings. The van der Waals surface area contributed by atoms with Gasteiger partial charge in [0.1, 0.15) is 0 Å². The fourth-order valence-electron chi connectivity index (χ4n) is 2.52. The van der Waals surface area contributed by atoms with E-state index in [1.165, 1.54) is 25.7 Å². The number of halogens is 1. The van der Waals surface area contributed by atoms with Crippen LogP contribution in [-0.2, 0) is 6.42 Å². The number of aromatic nitrogens is 2. The average Bonchev–Trinajstić information content (AvgIpc) is 3.07. The van der Waals surface area contributed by atoms with Gasteiger partial charge in [0.2, 0.25) is 0 Å². The van der Waals surface area contributed by atoms with Crippen LogP contribution < -0.4 is 10.2 Å². The SMILES string of the molecule is CCCc1noc(N2CCC(NC3CC3)CC2)n1.Cl. The molecule has 1 aliphatic heterocycles. The molecule has 0 amide bonds. The van der Waals surface area contributed by atoms with Gasteiger partial charge in [-0.3, -0.25) is 0 Å². The second kappa shape index (κ2) is 6.57. The number of nitrogens with zero attached hydrogens (tertiary/aromatic N) is 3. The van der Waals surface area contributed by atoms with Crippen molar-refractivity contribution in [2.45, 2.75) is 57.5 Å². The maximum Gasteiger partial charge on any atom is 0.324 e. The first-order valence-electron chi connectivity index (χ1n) is 7.18. The molecule has 1 aromatic heterocycles. The monoisotopic (exact) mass is 286 g/mol. The topological polar surface area (TPSA) is 54.2 Å². The van der Waals surface area contributed by atoms with Gasteiger partial charge in [0.15, 0.2) is 5.82 Å². The molecule has 0 spiro atoms. The van der Waals surface area contributed by atoms with Crippen molar-refractivity contribution >= 4 is 18.4 Å². The molecule has 2 heterocycles. The molecule has 0 bridgehead atoms. The van der Waals surface area contributed by atoms with Crippen LogP contribution in [0.3, 0.4) is 0 Å². The van der Waals surface area contributed by atoms with Crippen molar-refractivity contribution in [3.63, 3.8) is 0 Å². The van der Waals surface area contributed by atoms with Gasteiger partial charge in [0.05, 0.1) is 0 Å². The molecular weight excluding hydrogens is 264 g/mol. The van der Waals surface area contributed by atoms with Gasteiger partial charge in [-0.05, 0) is 32.1 Å². The normalized spacial score (nSPS) is 20.4. The summed E-state index contributed by atoms with van der Waals surface area (Å²) >= 11 is 0. The average molecular weight is 287 g/mol. The highest BCUT2D eigenvalue weighted by Gasteiger charge is 2.28. The third kappa shape index (κ3) is 3.83. The van der Waals surface area contributed by atoms with Crippen LogP contribution >= 0.6 is 12.4 Å². The van der Waals surface area contributed by atoms with Crippen LogP contribution in [0.5, 0.6) is 0 Å². The predicted molar refractivity (Wildman–Crippen MR) is 76.9 cm³/mol. The largest absolute Gasteiger partial charge is 0.324 e. The molecule has 2 fully saturated rings. The van der Waals surface area contributed by atoms with Gasteiger partial charge in [0.25, 0.3) is 0 Å². The van der Waals surface area contributed by atoms with Crippen LogP contribution in [0.1, 0.15) is 44.9 Å². The zero-order chi connectivity index (χ0) is 12.4. The second-order valence-corrected chi connectivity index (χ2v) is 5.45. The number of piperidine rings is 1. The van der Waals surface area contributed by atoms with E-state index in [1.807, 2.05) is 0 Å². The summed E-state index contributed by atoms with van der Waals surface area (Å²) < 4.78 is 5.33. The van der Waals surface area contributed by atoms with E-state index in [2.05, 4.69) is 27.3 Å². The fraction of sp³-hybridized carbons (Fsp3) is 0.846. The molecule has 0 aromatic carbocycles. The Morgan fingerprint density at radius 1 is 1.21 bits per heavy atom. The van der Waals surface area contributed by atoms with Crippen LogP contribution in [0.25, 0.3) is 0 Å². The number of hydrogen-bond acceptors (Lipinski definition) is 5. The van der Waals surface area contributed by atoms with Gasteiger partial charge in [-0.15, -0.1) is 12.4 Å².